The van der Waals surface area contributed by atoms with Crippen molar-refractivity contribution in [1.82, 2.24) is 25.4 Å². The first-order valence-electron chi connectivity index (χ1n) is 24.6. The summed E-state index contributed by atoms with van der Waals surface area (Å²) in [4.78, 5) is 77.2. The van der Waals surface area contributed by atoms with E-state index in [1.165, 1.54) is 11.3 Å². The molecular formula is C50H82N6O10S. The molecule has 67 heavy (non-hydrogen) atoms. The molecule has 1 aromatic heterocycles. The van der Waals surface area contributed by atoms with Gasteiger partial charge in [-0.3, -0.25) is 24.1 Å². The number of nitrogens with one attached hydrogen (secondary N) is 2. The van der Waals surface area contributed by atoms with Crippen molar-refractivity contribution < 1.29 is 48.0 Å². The Morgan fingerprint density at radius 3 is 2.28 bits per heavy atom. The van der Waals surface area contributed by atoms with E-state index in [1.54, 1.807) is 36.6 Å². The maximum Gasteiger partial charge on any atom is 0.407 e. The molecule has 3 rings (SSSR count). The van der Waals surface area contributed by atoms with Gasteiger partial charge in [0, 0.05) is 61.8 Å². The van der Waals surface area contributed by atoms with Crippen LogP contribution in [-0.2, 0) is 39.8 Å². The Morgan fingerprint density at radius 1 is 0.940 bits per heavy atom. The van der Waals surface area contributed by atoms with Crippen molar-refractivity contribution in [3.63, 3.8) is 0 Å². The van der Waals surface area contributed by atoms with Crippen LogP contribution in [0, 0.1) is 23.7 Å². The molecule has 5 N–H and O–H groups in total. The van der Waals surface area contributed by atoms with E-state index in [0.717, 1.165) is 50.6 Å². The number of hydrogen-bond acceptors (Lipinski definition) is 14. The van der Waals surface area contributed by atoms with Crippen LogP contribution in [-0.4, -0.2) is 140 Å². The van der Waals surface area contributed by atoms with Crippen molar-refractivity contribution in [3.8, 4) is 5.75 Å². The van der Waals surface area contributed by atoms with Gasteiger partial charge >= 0.3 is 6.09 Å². The van der Waals surface area contributed by atoms with E-state index in [0.29, 0.717) is 57.4 Å². The lowest BCUT2D eigenvalue weighted by Crippen LogP contribution is -2.50. The van der Waals surface area contributed by atoms with Gasteiger partial charge in [0.2, 0.25) is 5.91 Å². The van der Waals surface area contributed by atoms with E-state index in [1.807, 2.05) is 18.9 Å². The third-order valence-electron chi connectivity index (χ3n) is 12.6. The zero-order valence-electron chi connectivity index (χ0n) is 41.6. The smallest absolute Gasteiger partial charge is 0.407 e. The van der Waals surface area contributed by atoms with Crippen LogP contribution in [0.15, 0.2) is 29.6 Å². The number of nitrogens with zero attached hydrogens (tertiary/aromatic N) is 3. The van der Waals surface area contributed by atoms with Crippen LogP contribution in [0.1, 0.15) is 133 Å². The van der Waals surface area contributed by atoms with Crippen molar-refractivity contribution in [2.24, 2.45) is 29.4 Å². The Labute approximate surface area is 403 Å². The van der Waals surface area contributed by atoms with Gasteiger partial charge in [0.25, 0.3) is 5.91 Å². The average molecular weight is 959 g/mol. The highest BCUT2D eigenvalue weighted by Crippen LogP contribution is 2.34. The molecule has 17 heteroatoms. The molecule has 7 atom stereocenters. The summed E-state index contributed by atoms with van der Waals surface area (Å²) >= 11 is 1.33. The molecule has 0 aliphatic carbocycles. The summed E-state index contributed by atoms with van der Waals surface area (Å²) in [5.41, 5.74) is 6.44. The van der Waals surface area contributed by atoms with Crippen LogP contribution in [0.2, 0.25) is 0 Å². The molecule has 0 unspecified atom stereocenters. The SMILES string of the molecule is CCCO[C@H](C[C@H](C(C)C)N(CCC)C(=O)[C@@H](CC(=O)[C@H]1CCCCN1C)[C@@H](C)CC)c1nc(C(=O)N[C@@H](Cc2ccc(O)cc2)C[C@H](C)C(=O)CNC(=O)OCCOCCOCCN)cs1. The van der Waals surface area contributed by atoms with Gasteiger partial charge in [-0.05, 0) is 81.6 Å². The number of Topliss-reactive ketones (excluding diaryl/α,β-unsaturated/α-hetero) is 2. The molecule has 378 valence electrons. The van der Waals surface area contributed by atoms with Crippen LogP contribution in [0.3, 0.4) is 0 Å². The molecule has 1 aliphatic heterocycles. The first kappa shape index (κ1) is 57.3. The van der Waals surface area contributed by atoms with Crippen molar-refractivity contribution in [2.45, 2.75) is 137 Å². The van der Waals surface area contributed by atoms with Gasteiger partial charge in [-0.25, -0.2) is 9.78 Å². The number of aromatic hydroxyl groups is 1. The quantitative estimate of drug-likeness (QED) is 0.0548. The van der Waals surface area contributed by atoms with Crippen molar-refractivity contribution in [1.29, 1.82) is 0 Å². The number of ketones is 2. The minimum Gasteiger partial charge on any atom is -0.508 e. The molecule has 2 aromatic rings. The molecule has 16 nitrogen and oxygen atoms in total. The summed E-state index contributed by atoms with van der Waals surface area (Å²) < 4.78 is 22.2. The van der Waals surface area contributed by atoms with Crippen molar-refractivity contribution in [3.05, 3.63) is 45.9 Å². The Morgan fingerprint density at radius 2 is 1.64 bits per heavy atom. The molecule has 1 saturated heterocycles. The highest BCUT2D eigenvalue weighted by molar-refractivity contribution is 7.09. The van der Waals surface area contributed by atoms with Gasteiger partial charge in [0.1, 0.15) is 29.2 Å². The van der Waals surface area contributed by atoms with Crippen LogP contribution in [0.5, 0.6) is 5.75 Å². The van der Waals surface area contributed by atoms with E-state index in [-0.39, 0.29) is 85.4 Å². The molecule has 3 amide bonds. The van der Waals surface area contributed by atoms with E-state index in [4.69, 9.17) is 29.7 Å². The number of likely N-dealkylation sites (tertiary alicyclic amines) is 1. The normalized spacial score (nSPS) is 17.0. The number of nitrogens with two attached hydrogens (primary N) is 1. The molecule has 0 saturated carbocycles. The van der Waals surface area contributed by atoms with Crippen molar-refractivity contribution >= 4 is 40.8 Å². The summed E-state index contributed by atoms with van der Waals surface area (Å²) in [5.74, 6) is -1.27. The molecule has 1 aromatic carbocycles. The number of ether oxygens (including phenoxy) is 4. The summed E-state index contributed by atoms with van der Waals surface area (Å²) in [7, 11) is 2.01. The molecule has 2 heterocycles. The second-order valence-corrected chi connectivity index (χ2v) is 19.2. The Balaban J connectivity index is 1.76. The minimum atomic E-state index is -0.743. The molecule has 0 radical (unpaired) electrons. The van der Waals surface area contributed by atoms with E-state index < -0.39 is 36.0 Å². The number of aromatic nitrogens is 1. The molecule has 1 fully saturated rings. The largest absolute Gasteiger partial charge is 0.508 e. The fourth-order valence-corrected chi connectivity index (χ4v) is 9.33. The molecule has 0 bridgehead atoms. The number of carbonyl (C=O) groups is 5. The molecule has 0 spiro atoms. The maximum atomic E-state index is 14.8. The lowest BCUT2D eigenvalue weighted by Gasteiger charge is -2.40. The Kier molecular flexibility index (Phi) is 26.7. The molecular weight excluding hydrogens is 877 g/mol. The van der Waals surface area contributed by atoms with Gasteiger partial charge < -0.3 is 45.3 Å². The number of alkyl carbamates (subject to hydrolysis) is 1. The van der Waals surface area contributed by atoms with Gasteiger partial charge in [0.05, 0.1) is 39.0 Å². The third kappa shape index (κ3) is 19.9. The lowest BCUT2D eigenvalue weighted by atomic mass is 9.82. The van der Waals surface area contributed by atoms with Gasteiger partial charge in [-0.2, -0.15) is 0 Å². The predicted octanol–water partition coefficient (Wildman–Crippen LogP) is 6.73. The summed E-state index contributed by atoms with van der Waals surface area (Å²) in [6, 6.07) is 5.80. The second kappa shape index (κ2) is 31.2. The van der Waals surface area contributed by atoms with Crippen molar-refractivity contribution in [2.75, 3.05) is 72.9 Å². The fraction of sp³-hybridized carbons (Fsp3) is 0.720. The van der Waals surface area contributed by atoms with Crippen LogP contribution in [0.4, 0.5) is 4.79 Å². The summed E-state index contributed by atoms with van der Waals surface area (Å²) in [5, 5.41) is 17.9. The number of phenolic OH excluding ortho intramolecular Hbond substituents is 1. The van der Waals surface area contributed by atoms with E-state index in [9.17, 15) is 29.1 Å². The topological polar surface area (TPSA) is 212 Å². The highest BCUT2D eigenvalue weighted by Gasteiger charge is 2.38. The second-order valence-electron chi connectivity index (χ2n) is 18.3. The number of piperidine rings is 1. The van der Waals surface area contributed by atoms with E-state index >= 15 is 0 Å². The zero-order valence-corrected chi connectivity index (χ0v) is 42.4. The lowest BCUT2D eigenvalue weighted by molar-refractivity contribution is -0.145. The first-order valence-corrected chi connectivity index (χ1v) is 25.5. The third-order valence-corrected chi connectivity index (χ3v) is 13.5. The number of hydrogen-bond donors (Lipinski definition) is 4. The molecule has 1 aliphatic rings. The zero-order chi connectivity index (χ0) is 49.3. The summed E-state index contributed by atoms with van der Waals surface area (Å²) in [6.07, 6.45) is 5.32. The first-order chi connectivity index (χ1) is 32.1. The monoisotopic (exact) mass is 959 g/mol. The maximum absolute atomic E-state index is 14.8. The van der Waals surface area contributed by atoms with Gasteiger partial charge in [-0.1, -0.05) is 73.4 Å². The number of phenols is 1. The Bertz CT molecular complexity index is 1780. The number of amides is 3. The van der Waals surface area contributed by atoms with Crippen LogP contribution in [0.25, 0.3) is 0 Å². The number of thiazole rings is 1. The summed E-state index contributed by atoms with van der Waals surface area (Å²) in [6.45, 7) is 17.6. The number of benzene rings is 1. The predicted molar refractivity (Wildman–Crippen MR) is 261 cm³/mol. The fourth-order valence-electron chi connectivity index (χ4n) is 8.47. The standard InChI is InChI=1S/C50H82N6O10S/c1-9-20-56(49(61)40(35(6)11-3)30-44(58)42-14-12-13-21-55(42)8)43(34(4)5)31-46(65-22-10-2)48-54-41(33-67-48)47(60)53-38(29-37-15-17-39(57)18-16-37)28-36(7)45(59)32-52-50(62)66-27-26-64-25-24-63-23-19-51/h15-18,33-36,38,40,42-43,46,57H,9-14,19-32,51H2,1-8H3,(H,52,62)(H,53,60)/t35-,36-,38+,40-,42+,43+,46+/m0/s1. The van der Waals surface area contributed by atoms with Crippen LogP contribution < -0.4 is 16.4 Å². The van der Waals surface area contributed by atoms with Gasteiger partial charge in [0.15, 0.2) is 11.6 Å². The van der Waals surface area contributed by atoms with Crippen LogP contribution >= 0.6 is 11.3 Å². The highest BCUT2D eigenvalue weighted by atomic mass is 32.1. The van der Waals surface area contributed by atoms with E-state index in [2.05, 4.69) is 50.2 Å². The average Bonchev–Trinajstić information content (AvgIpc) is 3.81. The number of carbonyl (C=O) groups excluding carboxylic acids is 5. The Hall–Kier alpha value is -4.00. The van der Waals surface area contributed by atoms with Gasteiger partial charge in [-0.15, -0.1) is 11.3 Å². The number of rotatable bonds is 33. The number of likely N-dealkylation sites (N-methyl/N-ethyl adjacent to an activating group) is 1. The minimum absolute atomic E-state index is 0.00686.